The molecule has 88 valence electrons. The van der Waals surface area contributed by atoms with Crippen molar-refractivity contribution in [1.82, 2.24) is 0 Å². The maximum absolute atomic E-state index is 11.3. The van der Waals surface area contributed by atoms with E-state index in [1.54, 1.807) is 0 Å². The van der Waals surface area contributed by atoms with E-state index in [1.165, 1.54) is 12.7 Å². The van der Waals surface area contributed by atoms with Crippen LogP contribution in [0.4, 0.5) is 0 Å². The zero-order valence-corrected chi connectivity index (χ0v) is 11.5. The number of esters is 1. The number of alkyl halides is 1. The molecule has 1 aromatic carbocycles. The molecule has 0 spiro atoms. The monoisotopic (exact) mass is 284 g/mol. The van der Waals surface area contributed by atoms with Crippen molar-refractivity contribution in [2.24, 2.45) is 0 Å². The molecule has 0 saturated carbocycles. The maximum Gasteiger partial charge on any atom is 0.306 e. The number of hydrogen-bond donors (Lipinski definition) is 0. The number of carbonyl (C=O) groups is 1. The van der Waals surface area contributed by atoms with Gasteiger partial charge in [-0.3, -0.25) is 4.79 Å². The van der Waals surface area contributed by atoms with Crippen LogP contribution in [0.3, 0.4) is 0 Å². The molecular formula is C13H17BrO2. The van der Waals surface area contributed by atoms with E-state index in [1.807, 2.05) is 13.8 Å². The van der Waals surface area contributed by atoms with Gasteiger partial charge in [0.2, 0.25) is 0 Å². The van der Waals surface area contributed by atoms with Crippen molar-refractivity contribution < 1.29 is 9.53 Å². The number of methoxy groups -OCH3 is 1. The highest BCUT2D eigenvalue weighted by Crippen LogP contribution is 2.27. The van der Waals surface area contributed by atoms with E-state index in [4.69, 9.17) is 4.74 Å². The van der Waals surface area contributed by atoms with Crippen LogP contribution >= 0.6 is 15.9 Å². The summed E-state index contributed by atoms with van der Waals surface area (Å²) in [6.07, 6.45) is 0.400. The van der Waals surface area contributed by atoms with Gasteiger partial charge in [0.05, 0.1) is 13.5 Å². The van der Waals surface area contributed by atoms with Gasteiger partial charge in [-0.2, -0.15) is 0 Å². The fraction of sp³-hybridized carbons (Fsp3) is 0.462. The lowest BCUT2D eigenvalue weighted by Gasteiger charge is -2.24. The van der Waals surface area contributed by atoms with Crippen LogP contribution in [0.15, 0.2) is 24.3 Å². The van der Waals surface area contributed by atoms with Crippen molar-refractivity contribution in [3.8, 4) is 0 Å². The zero-order chi connectivity index (χ0) is 12.2. The van der Waals surface area contributed by atoms with E-state index in [0.29, 0.717) is 6.42 Å². The quantitative estimate of drug-likeness (QED) is 0.626. The summed E-state index contributed by atoms with van der Waals surface area (Å²) >= 11 is 3.41. The third-order valence-electron chi connectivity index (χ3n) is 2.70. The van der Waals surface area contributed by atoms with Crippen LogP contribution in [0.1, 0.15) is 31.4 Å². The Balaban J connectivity index is 2.84. The normalized spacial score (nSPS) is 11.2. The lowest BCUT2D eigenvalue weighted by molar-refractivity contribution is -0.141. The Morgan fingerprint density at radius 3 is 2.31 bits per heavy atom. The van der Waals surface area contributed by atoms with Crippen molar-refractivity contribution in [1.29, 1.82) is 0 Å². The minimum absolute atomic E-state index is 0.172. The standard InChI is InChI=1S/C13H17BrO2/c1-13(2,8-12(15)16-3)11-6-4-10(9-14)5-7-11/h4-7H,8-9H2,1-3H3. The first-order chi connectivity index (χ1) is 7.49. The number of carbonyl (C=O) groups excluding carboxylic acids is 1. The van der Waals surface area contributed by atoms with Crippen LogP contribution in [0.2, 0.25) is 0 Å². The molecule has 1 aromatic rings. The van der Waals surface area contributed by atoms with E-state index in [2.05, 4.69) is 40.2 Å². The van der Waals surface area contributed by atoms with Crippen molar-refractivity contribution in [2.75, 3.05) is 7.11 Å². The highest BCUT2D eigenvalue weighted by atomic mass is 79.9. The third kappa shape index (κ3) is 3.34. The van der Waals surface area contributed by atoms with Gasteiger partial charge >= 0.3 is 5.97 Å². The summed E-state index contributed by atoms with van der Waals surface area (Å²) in [6.45, 7) is 4.10. The first kappa shape index (κ1) is 13.2. The van der Waals surface area contributed by atoms with Gasteiger partial charge < -0.3 is 4.74 Å². The smallest absolute Gasteiger partial charge is 0.306 e. The summed E-state index contributed by atoms with van der Waals surface area (Å²) in [4.78, 5) is 11.3. The fourth-order valence-corrected chi connectivity index (χ4v) is 1.95. The molecule has 0 aliphatic carbocycles. The molecule has 3 heteroatoms. The number of hydrogen-bond acceptors (Lipinski definition) is 2. The van der Waals surface area contributed by atoms with Gasteiger partial charge in [0.1, 0.15) is 0 Å². The first-order valence-corrected chi connectivity index (χ1v) is 6.34. The Morgan fingerprint density at radius 1 is 1.31 bits per heavy atom. The Bertz CT molecular complexity index is 355. The van der Waals surface area contributed by atoms with Crippen molar-refractivity contribution in [3.63, 3.8) is 0 Å². The van der Waals surface area contributed by atoms with Crippen molar-refractivity contribution >= 4 is 21.9 Å². The lowest BCUT2D eigenvalue weighted by atomic mass is 9.81. The van der Waals surface area contributed by atoms with Crippen molar-refractivity contribution in [3.05, 3.63) is 35.4 Å². The zero-order valence-electron chi connectivity index (χ0n) is 9.92. The molecule has 0 bridgehead atoms. The molecule has 0 heterocycles. The van der Waals surface area contributed by atoms with Gasteiger partial charge in [-0.05, 0) is 11.1 Å². The molecule has 0 unspecified atom stereocenters. The van der Waals surface area contributed by atoms with Crippen molar-refractivity contribution in [2.45, 2.75) is 31.0 Å². The van der Waals surface area contributed by atoms with Gasteiger partial charge in [-0.15, -0.1) is 0 Å². The summed E-state index contributed by atoms with van der Waals surface area (Å²) < 4.78 is 4.71. The lowest BCUT2D eigenvalue weighted by Crippen LogP contribution is -2.22. The average Bonchev–Trinajstić information content (AvgIpc) is 2.28. The molecule has 0 aliphatic heterocycles. The molecule has 0 radical (unpaired) electrons. The molecular weight excluding hydrogens is 268 g/mol. The molecule has 2 nitrogen and oxygen atoms in total. The highest BCUT2D eigenvalue weighted by Gasteiger charge is 2.24. The van der Waals surface area contributed by atoms with Crippen LogP contribution in [0, 0.1) is 0 Å². The number of halogens is 1. The molecule has 0 saturated heterocycles. The van der Waals surface area contributed by atoms with E-state index in [0.717, 1.165) is 10.9 Å². The first-order valence-electron chi connectivity index (χ1n) is 5.22. The van der Waals surface area contributed by atoms with E-state index < -0.39 is 0 Å². The number of benzene rings is 1. The SMILES string of the molecule is COC(=O)CC(C)(C)c1ccc(CBr)cc1. The second kappa shape index (κ2) is 5.48. The second-order valence-corrected chi connectivity index (χ2v) is 5.03. The number of rotatable bonds is 4. The molecule has 0 atom stereocenters. The molecule has 0 aliphatic rings. The minimum atomic E-state index is -0.183. The van der Waals surface area contributed by atoms with Gasteiger partial charge in [0.25, 0.3) is 0 Å². The van der Waals surface area contributed by atoms with Crippen LogP contribution in [-0.2, 0) is 20.3 Å². The summed E-state index contributed by atoms with van der Waals surface area (Å²) in [5.74, 6) is -0.172. The molecule has 0 aromatic heterocycles. The fourth-order valence-electron chi connectivity index (χ4n) is 1.58. The predicted octanol–water partition coefficient (Wildman–Crippen LogP) is 3.42. The summed E-state index contributed by atoms with van der Waals surface area (Å²) in [7, 11) is 1.42. The second-order valence-electron chi connectivity index (χ2n) is 4.47. The highest BCUT2D eigenvalue weighted by molar-refractivity contribution is 9.08. The van der Waals surface area contributed by atoms with E-state index >= 15 is 0 Å². The molecule has 0 amide bonds. The van der Waals surface area contributed by atoms with Crippen LogP contribution in [0.25, 0.3) is 0 Å². The average molecular weight is 285 g/mol. The van der Waals surface area contributed by atoms with Crippen LogP contribution in [-0.4, -0.2) is 13.1 Å². The summed E-state index contributed by atoms with van der Waals surface area (Å²) in [6, 6.07) is 8.28. The van der Waals surface area contributed by atoms with Gasteiger partial charge in [-0.1, -0.05) is 54.0 Å². The van der Waals surface area contributed by atoms with Gasteiger partial charge in [-0.25, -0.2) is 0 Å². The Hall–Kier alpha value is -0.830. The number of ether oxygens (including phenoxy) is 1. The molecule has 1 rings (SSSR count). The molecule has 0 fully saturated rings. The van der Waals surface area contributed by atoms with Crippen LogP contribution in [0.5, 0.6) is 0 Å². The summed E-state index contributed by atoms with van der Waals surface area (Å²) in [5, 5.41) is 0.852. The van der Waals surface area contributed by atoms with E-state index in [9.17, 15) is 4.79 Å². The van der Waals surface area contributed by atoms with Gasteiger partial charge in [0.15, 0.2) is 0 Å². The minimum Gasteiger partial charge on any atom is -0.469 e. The van der Waals surface area contributed by atoms with Gasteiger partial charge in [0, 0.05) is 10.7 Å². The van der Waals surface area contributed by atoms with Crippen LogP contribution < -0.4 is 0 Å². The maximum atomic E-state index is 11.3. The Kier molecular flexibility index (Phi) is 4.54. The predicted molar refractivity (Wildman–Crippen MR) is 68.7 cm³/mol. The Morgan fingerprint density at radius 2 is 1.88 bits per heavy atom. The molecule has 0 N–H and O–H groups in total. The largest absolute Gasteiger partial charge is 0.469 e. The van der Waals surface area contributed by atoms with E-state index in [-0.39, 0.29) is 11.4 Å². The topological polar surface area (TPSA) is 26.3 Å². The Labute approximate surface area is 105 Å². The third-order valence-corrected chi connectivity index (χ3v) is 3.35. The molecule has 16 heavy (non-hydrogen) atoms. The summed E-state index contributed by atoms with van der Waals surface area (Å²) in [5.41, 5.74) is 2.21.